The van der Waals surface area contributed by atoms with E-state index in [0.29, 0.717) is 0 Å². The summed E-state index contributed by atoms with van der Waals surface area (Å²) >= 11 is 0. The minimum absolute atomic E-state index is 0.756. The Morgan fingerprint density at radius 3 is 2.65 bits per heavy atom. The van der Waals surface area contributed by atoms with Crippen LogP contribution in [0.3, 0.4) is 0 Å². The van der Waals surface area contributed by atoms with Gasteiger partial charge in [-0.2, -0.15) is 0 Å². The van der Waals surface area contributed by atoms with Crippen molar-refractivity contribution in [2.24, 2.45) is 11.8 Å². The fourth-order valence-corrected chi connectivity index (χ4v) is 3.68. The second-order valence-electron chi connectivity index (χ2n) is 6.27. The highest BCUT2D eigenvalue weighted by Gasteiger charge is 2.35. The first-order chi connectivity index (χ1) is 8.22. The van der Waals surface area contributed by atoms with Crippen LogP contribution in [0.4, 0.5) is 0 Å². The average molecular weight is 238 g/mol. The van der Waals surface area contributed by atoms with Gasteiger partial charge in [0.1, 0.15) is 0 Å². The van der Waals surface area contributed by atoms with Gasteiger partial charge in [-0.15, -0.1) is 0 Å². The van der Waals surface area contributed by atoms with Crippen molar-refractivity contribution in [1.82, 2.24) is 10.2 Å². The summed E-state index contributed by atoms with van der Waals surface area (Å²) in [5, 5.41) is 3.71. The van der Waals surface area contributed by atoms with Gasteiger partial charge >= 0.3 is 0 Å². The normalized spacial score (nSPS) is 39.7. The number of likely N-dealkylation sites (tertiary alicyclic amines) is 1. The summed E-state index contributed by atoms with van der Waals surface area (Å²) in [5.41, 5.74) is 0. The molecule has 2 heteroatoms. The maximum absolute atomic E-state index is 3.71. The van der Waals surface area contributed by atoms with Gasteiger partial charge in [-0.05, 0) is 57.0 Å². The number of hydrogen-bond acceptors (Lipinski definition) is 2. The van der Waals surface area contributed by atoms with Crippen molar-refractivity contribution >= 4 is 0 Å². The van der Waals surface area contributed by atoms with E-state index in [1.165, 1.54) is 51.7 Å². The molecule has 4 unspecified atom stereocenters. The smallest absolute Gasteiger partial charge is 0.0195 e. The molecule has 2 rings (SSSR count). The van der Waals surface area contributed by atoms with Crippen LogP contribution in [0.5, 0.6) is 0 Å². The highest BCUT2D eigenvalue weighted by atomic mass is 15.2. The number of nitrogens with one attached hydrogen (secondary N) is 1. The van der Waals surface area contributed by atoms with Crippen LogP contribution in [-0.2, 0) is 0 Å². The van der Waals surface area contributed by atoms with E-state index in [0.717, 1.165) is 23.9 Å². The van der Waals surface area contributed by atoms with Crippen molar-refractivity contribution in [1.29, 1.82) is 0 Å². The molecule has 2 aliphatic rings. The monoisotopic (exact) mass is 238 g/mol. The Bertz CT molecular complexity index is 229. The van der Waals surface area contributed by atoms with E-state index >= 15 is 0 Å². The Labute approximate surface area is 107 Å². The van der Waals surface area contributed by atoms with Crippen molar-refractivity contribution in [2.45, 2.75) is 65.0 Å². The van der Waals surface area contributed by atoms with Crippen molar-refractivity contribution in [3.8, 4) is 0 Å². The molecular formula is C15H30N2. The van der Waals surface area contributed by atoms with Crippen molar-refractivity contribution in [3.05, 3.63) is 0 Å². The minimum atomic E-state index is 0.756. The van der Waals surface area contributed by atoms with E-state index in [1.807, 2.05) is 0 Å². The summed E-state index contributed by atoms with van der Waals surface area (Å²) in [7, 11) is 0. The van der Waals surface area contributed by atoms with Crippen LogP contribution in [0.25, 0.3) is 0 Å². The molecule has 100 valence electrons. The molecule has 0 aromatic carbocycles. The molecule has 1 saturated heterocycles. The van der Waals surface area contributed by atoms with Gasteiger partial charge in [-0.25, -0.2) is 0 Å². The van der Waals surface area contributed by atoms with E-state index in [4.69, 9.17) is 0 Å². The van der Waals surface area contributed by atoms with Gasteiger partial charge in [0.25, 0.3) is 0 Å². The summed E-state index contributed by atoms with van der Waals surface area (Å²) in [5.74, 6) is 1.84. The zero-order valence-electron chi connectivity index (χ0n) is 11.9. The zero-order valence-corrected chi connectivity index (χ0v) is 11.9. The van der Waals surface area contributed by atoms with Crippen LogP contribution in [0.1, 0.15) is 52.9 Å². The third-order valence-corrected chi connectivity index (χ3v) is 5.03. The first kappa shape index (κ1) is 13.4. The number of piperidine rings is 1. The van der Waals surface area contributed by atoms with Gasteiger partial charge in [-0.3, -0.25) is 4.90 Å². The molecular weight excluding hydrogens is 208 g/mol. The number of nitrogens with zero attached hydrogens (tertiary/aromatic N) is 1. The lowest BCUT2D eigenvalue weighted by Crippen LogP contribution is -2.50. The molecule has 0 bridgehead atoms. The first-order valence-electron chi connectivity index (χ1n) is 7.69. The summed E-state index contributed by atoms with van der Waals surface area (Å²) in [6, 6.07) is 1.63. The third-order valence-electron chi connectivity index (χ3n) is 5.03. The molecule has 1 aliphatic carbocycles. The summed E-state index contributed by atoms with van der Waals surface area (Å²) in [4.78, 5) is 2.78. The average Bonchev–Trinajstić information content (AvgIpc) is 2.68. The van der Waals surface area contributed by atoms with Crippen LogP contribution in [0.2, 0.25) is 0 Å². The first-order valence-corrected chi connectivity index (χ1v) is 7.69. The molecule has 1 N–H and O–H groups in total. The quantitative estimate of drug-likeness (QED) is 0.810. The minimum Gasteiger partial charge on any atom is -0.313 e. The molecule has 1 heterocycles. The van der Waals surface area contributed by atoms with Crippen molar-refractivity contribution in [2.75, 3.05) is 19.6 Å². The predicted molar refractivity (Wildman–Crippen MR) is 74.2 cm³/mol. The van der Waals surface area contributed by atoms with E-state index in [9.17, 15) is 0 Å². The van der Waals surface area contributed by atoms with Crippen molar-refractivity contribution in [3.63, 3.8) is 0 Å². The van der Waals surface area contributed by atoms with Crippen LogP contribution >= 0.6 is 0 Å². The molecule has 1 saturated carbocycles. The molecule has 0 amide bonds. The number of hydrogen-bond donors (Lipinski definition) is 1. The maximum Gasteiger partial charge on any atom is 0.0195 e. The van der Waals surface area contributed by atoms with Crippen LogP contribution in [0.15, 0.2) is 0 Å². The lowest BCUT2D eigenvalue weighted by atomic mass is 9.94. The lowest BCUT2D eigenvalue weighted by Gasteiger charge is -2.39. The Kier molecular flexibility index (Phi) is 4.87. The molecule has 0 spiro atoms. The van der Waals surface area contributed by atoms with E-state index < -0.39 is 0 Å². The van der Waals surface area contributed by atoms with E-state index in [-0.39, 0.29) is 0 Å². The fourth-order valence-electron chi connectivity index (χ4n) is 3.68. The predicted octanol–water partition coefficient (Wildman–Crippen LogP) is 2.89. The largest absolute Gasteiger partial charge is 0.313 e. The van der Waals surface area contributed by atoms with Crippen molar-refractivity contribution < 1.29 is 0 Å². The Morgan fingerprint density at radius 2 is 2.00 bits per heavy atom. The zero-order chi connectivity index (χ0) is 12.3. The number of rotatable bonds is 4. The molecule has 1 aliphatic heterocycles. The highest BCUT2D eigenvalue weighted by Crippen LogP contribution is 2.35. The Morgan fingerprint density at radius 1 is 1.18 bits per heavy atom. The second-order valence-corrected chi connectivity index (χ2v) is 6.27. The fraction of sp³-hybridized carbons (Fsp3) is 1.00. The van der Waals surface area contributed by atoms with E-state index in [2.05, 4.69) is 31.0 Å². The molecule has 2 fully saturated rings. The molecule has 2 nitrogen and oxygen atoms in total. The van der Waals surface area contributed by atoms with Crippen LogP contribution in [-0.4, -0.2) is 36.6 Å². The summed E-state index contributed by atoms with van der Waals surface area (Å²) < 4.78 is 0. The standard InChI is InChI=1S/C15H30N2/c1-4-9-16-14-6-5-10-17(11-14)15-8-7-12(2)13(15)3/h12-16H,4-11H2,1-3H3. The lowest BCUT2D eigenvalue weighted by molar-refractivity contribution is 0.110. The van der Waals surface area contributed by atoms with Gasteiger partial charge < -0.3 is 5.32 Å². The second kappa shape index (κ2) is 6.19. The van der Waals surface area contributed by atoms with Gasteiger partial charge in [0, 0.05) is 18.6 Å². The third kappa shape index (κ3) is 3.23. The Hall–Kier alpha value is -0.0800. The van der Waals surface area contributed by atoms with Crippen LogP contribution < -0.4 is 5.32 Å². The van der Waals surface area contributed by atoms with Gasteiger partial charge in [0.05, 0.1) is 0 Å². The molecule has 4 atom stereocenters. The summed E-state index contributed by atoms with van der Waals surface area (Å²) in [6.07, 6.45) is 6.90. The highest BCUT2D eigenvalue weighted by molar-refractivity contribution is 4.90. The maximum atomic E-state index is 3.71. The topological polar surface area (TPSA) is 15.3 Å². The van der Waals surface area contributed by atoms with Gasteiger partial charge in [0.2, 0.25) is 0 Å². The molecule has 0 radical (unpaired) electrons. The molecule has 17 heavy (non-hydrogen) atoms. The molecule has 0 aromatic heterocycles. The molecule has 0 aromatic rings. The Balaban J connectivity index is 1.84. The van der Waals surface area contributed by atoms with E-state index in [1.54, 1.807) is 0 Å². The van der Waals surface area contributed by atoms with Gasteiger partial charge in [0.15, 0.2) is 0 Å². The summed E-state index contributed by atoms with van der Waals surface area (Å²) in [6.45, 7) is 11.0. The van der Waals surface area contributed by atoms with Crippen LogP contribution in [0, 0.1) is 11.8 Å². The SMILES string of the molecule is CCCNC1CCCN(C2CCC(C)C2C)C1. The van der Waals surface area contributed by atoms with Gasteiger partial charge in [-0.1, -0.05) is 20.8 Å².